The molecule has 196 valence electrons. The number of pyridine rings is 1. The third kappa shape index (κ3) is 4.72. The van der Waals surface area contributed by atoms with Crippen LogP contribution in [0.3, 0.4) is 0 Å². The summed E-state index contributed by atoms with van der Waals surface area (Å²) in [6.45, 7) is 1.81. The Balaban J connectivity index is 1.57. The monoisotopic (exact) mass is 550 g/mol. The number of amides is 2. The molecule has 1 aliphatic heterocycles. The minimum absolute atomic E-state index is 0.0700. The van der Waals surface area contributed by atoms with Crippen molar-refractivity contribution in [1.29, 1.82) is 5.26 Å². The van der Waals surface area contributed by atoms with Crippen molar-refractivity contribution in [3.8, 4) is 16.8 Å². The van der Waals surface area contributed by atoms with Crippen molar-refractivity contribution in [3.05, 3.63) is 29.4 Å². The zero-order valence-corrected chi connectivity index (χ0v) is 21.7. The van der Waals surface area contributed by atoms with Gasteiger partial charge < -0.3 is 19.1 Å². The van der Waals surface area contributed by atoms with Gasteiger partial charge in [-0.15, -0.1) is 10.2 Å². The SMILES string of the molecule is CN(C)C(=O)N1CCN(c2cc(S(=O)(=O)NC3(C#N)CC3)cn3c(-c4nnc(C(F)F)s4)ccc23)CC1. The van der Waals surface area contributed by atoms with E-state index in [9.17, 15) is 27.3 Å². The first kappa shape index (κ1) is 25.3. The molecule has 1 aliphatic carbocycles. The summed E-state index contributed by atoms with van der Waals surface area (Å²) in [5.74, 6) is 0. The molecule has 3 aromatic heterocycles. The van der Waals surface area contributed by atoms with Crippen LogP contribution >= 0.6 is 11.3 Å². The number of alkyl halides is 2. The molecule has 2 aliphatic rings. The Morgan fingerprint density at radius 2 is 1.92 bits per heavy atom. The fourth-order valence-electron chi connectivity index (χ4n) is 4.27. The molecule has 1 saturated carbocycles. The molecule has 15 heteroatoms. The highest BCUT2D eigenvalue weighted by molar-refractivity contribution is 7.89. The van der Waals surface area contributed by atoms with E-state index in [1.54, 1.807) is 41.6 Å². The van der Waals surface area contributed by atoms with Gasteiger partial charge in [-0.2, -0.15) is 9.98 Å². The van der Waals surface area contributed by atoms with Gasteiger partial charge in [-0.05, 0) is 31.0 Å². The summed E-state index contributed by atoms with van der Waals surface area (Å²) in [6.07, 6.45) is -0.514. The normalized spacial score (nSPS) is 17.3. The first-order chi connectivity index (χ1) is 17.5. The number of rotatable bonds is 6. The molecule has 3 aromatic rings. The van der Waals surface area contributed by atoms with Crippen molar-refractivity contribution in [1.82, 2.24) is 29.1 Å². The van der Waals surface area contributed by atoms with Crippen LogP contribution in [0, 0.1) is 11.3 Å². The molecule has 5 rings (SSSR count). The van der Waals surface area contributed by atoms with Crippen molar-refractivity contribution in [2.45, 2.75) is 29.7 Å². The average molecular weight is 551 g/mol. The second-order valence-electron chi connectivity index (χ2n) is 9.23. The summed E-state index contributed by atoms with van der Waals surface area (Å²) in [6, 6.07) is 6.92. The van der Waals surface area contributed by atoms with Gasteiger partial charge in [0.25, 0.3) is 6.43 Å². The number of sulfonamides is 1. The fraction of sp³-hybridized carbons (Fsp3) is 0.455. The number of carbonyl (C=O) groups is 1. The number of halogens is 2. The second-order valence-corrected chi connectivity index (χ2v) is 11.9. The van der Waals surface area contributed by atoms with E-state index in [0.29, 0.717) is 55.9 Å². The number of nitrogens with zero attached hydrogens (tertiary/aromatic N) is 7. The van der Waals surface area contributed by atoms with Crippen LogP contribution in [0.2, 0.25) is 0 Å². The molecule has 11 nitrogen and oxygen atoms in total. The molecule has 37 heavy (non-hydrogen) atoms. The highest BCUT2D eigenvalue weighted by atomic mass is 32.2. The largest absolute Gasteiger partial charge is 0.366 e. The standard InChI is InChI=1S/C22H24F2N8O3S2/c1-29(2)21(33)31-9-7-30(8-10-31)17-11-14(37(34,35)28-22(13-25)5-6-22)12-32-15(17)3-4-16(32)19-26-27-20(36-19)18(23)24/h3-4,11-12,18,28H,5-10H2,1-2H3. The number of anilines is 1. The first-order valence-electron chi connectivity index (χ1n) is 11.5. The molecule has 1 saturated heterocycles. The fourth-order valence-corrected chi connectivity index (χ4v) is 6.38. The molecule has 4 heterocycles. The maximum Gasteiger partial charge on any atom is 0.319 e. The number of hydrogen-bond acceptors (Lipinski definition) is 8. The summed E-state index contributed by atoms with van der Waals surface area (Å²) in [5.41, 5.74) is 0.556. The molecule has 2 fully saturated rings. The predicted molar refractivity (Wildman–Crippen MR) is 132 cm³/mol. The lowest BCUT2D eigenvalue weighted by atomic mass is 10.2. The van der Waals surface area contributed by atoms with Gasteiger partial charge in [0.05, 0.1) is 23.0 Å². The first-order valence-corrected chi connectivity index (χ1v) is 13.8. The molecular formula is C22H24F2N8O3S2. The minimum Gasteiger partial charge on any atom is -0.366 e. The third-order valence-electron chi connectivity index (χ3n) is 6.44. The molecule has 0 atom stereocenters. The third-order valence-corrected chi connectivity index (χ3v) is 8.90. The summed E-state index contributed by atoms with van der Waals surface area (Å²) in [7, 11) is -0.718. The van der Waals surface area contributed by atoms with Crippen LogP contribution in [-0.2, 0) is 10.0 Å². The van der Waals surface area contributed by atoms with Crippen molar-refractivity contribution in [2.75, 3.05) is 45.2 Å². The number of nitriles is 1. The Labute approximate surface area is 215 Å². The van der Waals surface area contributed by atoms with Gasteiger partial charge in [0.2, 0.25) is 10.0 Å². The van der Waals surface area contributed by atoms with Gasteiger partial charge in [-0.1, -0.05) is 11.3 Å². The molecule has 0 spiro atoms. The summed E-state index contributed by atoms with van der Waals surface area (Å²) in [5, 5.41) is 16.7. The summed E-state index contributed by atoms with van der Waals surface area (Å²) in [4.78, 5) is 17.5. The highest BCUT2D eigenvalue weighted by Gasteiger charge is 2.47. The van der Waals surface area contributed by atoms with Gasteiger partial charge in [-0.25, -0.2) is 22.0 Å². The quantitative estimate of drug-likeness (QED) is 0.500. The lowest BCUT2D eigenvalue weighted by Gasteiger charge is -2.37. The Hall–Kier alpha value is -3.35. The molecule has 2 amide bonds. The van der Waals surface area contributed by atoms with E-state index in [2.05, 4.69) is 14.9 Å². The topological polar surface area (TPSA) is 127 Å². The van der Waals surface area contributed by atoms with Crippen LogP contribution in [0.4, 0.5) is 19.3 Å². The number of fused-ring (bicyclic) bond motifs is 1. The second kappa shape index (κ2) is 9.19. The smallest absolute Gasteiger partial charge is 0.319 e. The number of carbonyl (C=O) groups excluding carboxylic acids is 1. The average Bonchev–Trinajstić information content (AvgIpc) is 3.26. The molecule has 0 bridgehead atoms. The molecular weight excluding hydrogens is 526 g/mol. The van der Waals surface area contributed by atoms with Crippen molar-refractivity contribution < 1.29 is 22.0 Å². The van der Waals surface area contributed by atoms with E-state index in [-0.39, 0.29) is 15.9 Å². The Morgan fingerprint density at radius 3 is 2.49 bits per heavy atom. The van der Waals surface area contributed by atoms with Gasteiger partial charge >= 0.3 is 6.03 Å². The van der Waals surface area contributed by atoms with Crippen LogP contribution < -0.4 is 9.62 Å². The molecule has 0 unspecified atom stereocenters. The summed E-state index contributed by atoms with van der Waals surface area (Å²) >= 11 is 0.735. The van der Waals surface area contributed by atoms with Crippen LogP contribution in [0.15, 0.2) is 29.3 Å². The number of nitrogens with one attached hydrogen (secondary N) is 1. The van der Waals surface area contributed by atoms with Gasteiger partial charge in [-0.3, -0.25) is 0 Å². The zero-order valence-electron chi connectivity index (χ0n) is 20.1. The Kier molecular flexibility index (Phi) is 6.29. The maximum absolute atomic E-state index is 13.3. The number of aromatic nitrogens is 3. The van der Waals surface area contributed by atoms with Crippen molar-refractivity contribution in [3.63, 3.8) is 0 Å². The molecule has 1 N–H and O–H groups in total. The van der Waals surface area contributed by atoms with E-state index in [1.807, 2.05) is 11.0 Å². The van der Waals surface area contributed by atoms with Crippen LogP contribution in [-0.4, -0.2) is 84.7 Å². The van der Waals surface area contributed by atoms with E-state index in [4.69, 9.17) is 0 Å². The molecule has 0 radical (unpaired) electrons. The van der Waals surface area contributed by atoms with Crippen LogP contribution in [0.5, 0.6) is 0 Å². The highest BCUT2D eigenvalue weighted by Crippen LogP contribution is 2.38. The van der Waals surface area contributed by atoms with Crippen LogP contribution in [0.25, 0.3) is 16.2 Å². The van der Waals surface area contributed by atoms with E-state index in [1.165, 1.54) is 11.1 Å². The van der Waals surface area contributed by atoms with Crippen molar-refractivity contribution in [2.24, 2.45) is 0 Å². The Morgan fingerprint density at radius 1 is 1.22 bits per heavy atom. The van der Waals surface area contributed by atoms with E-state index >= 15 is 0 Å². The zero-order chi connectivity index (χ0) is 26.5. The maximum atomic E-state index is 13.3. The summed E-state index contributed by atoms with van der Waals surface area (Å²) < 4.78 is 57.1. The van der Waals surface area contributed by atoms with E-state index in [0.717, 1.165) is 11.3 Å². The molecule has 0 aromatic carbocycles. The number of piperazine rings is 1. The Bertz CT molecular complexity index is 1500. The lowest BCUT2D eigenvalue weighted by molar-refractivity contribution is 0.150. The number of urea groups is 1. The minimum atomic E-state index is -4.08. The predicted octanol–water partition coefficient (Wildman–Crippen LogP) is 2.53. The van der Waals surface area contributed by atoms with Gasteiger partial charge in [0, 0.05) is 46.5 Å². The van der Waals surface area contributed by atoms with Gasteiger partial charge in [0.1, 0.15) is 10.4 Å². The van der Waals surface area contributed by atoms with Crippen molar-refractivity contribution >= 4 is 38.6 Å². The van der Waals surface area contributed by atoms with Crippen LogP contribution in [0.1, 0.15) is 24.3 Å². The number of hydrogen-bond donors (Lipinski definition) is 1. The lowest BCUT2D eigenvalue weighted by Crippen LogP contribution is -2.51. The van der Waals surface area contributed by atoms with E-state index < -0.39 is 27.0 Å². The van der Waals surface area contributed by atoms with Gasteiger partial charge in [0.15, 0.2) is 10.0 Å².